The maximum absolute atomic E-state index is 4.13. The summed E-state index contributed by atoms with van der Waals surface area (Å²) in [7, 11) is 0. The molecule has 1 heterocycles. The molecule has 0 saturated heterocycles. The Kier molecular flexibility index (Phi) is 3.69. The van der Waals surface area contributed by atoms with Gasteiger partial charge >= 0.3 is 0 Å². The molecule has 0 bridgehead atoms. The van der Waals surface area contributed by atoms with E-state index in [0.29, 0.717) is 6.04 Å². The van der Waals surface area contributed by atoms with Crippen LogP contribution in [0.2, 0.25) is 0 Å². The lowest BCUT2D eigenvalue weighted by molar-refractivity contribution is 0.588. The summed E-state index contributed by atoms with van der Waals surface area (Å²) in [6.07, 6.45) is 1.87. The van der Waals surface area contributed by atoms with Crippen LogP contribution >= 0.6 is 15.9 Å². The summed E-state index contributed by atoms with van der Waals surface area (Å²) in [6, 6.07) is 4.54. The zero-order valence-corrected chi connectivity index (χ0v) is 8.93. The fourth-order valence-corrected chi connectivity index (χ4v) is 1.07. The number of rotatable bonds is 3. The van der Waals surface area contributed by atoms with E-state index < -0.39 is 0 Å². The van der Waals surface area contributed by atoms with Gasteiger partial charge in [0.15, 0.2) is 0 Å². The third-order valence-corrected chi connectivity index (χ3v) is 1.97. The minimum atomic E-state index is 0.522. The second-order valence-corrected chi connectivity index (χ2v) is 3.84. The van der Waals surface area contributed by atoms with Crippen LogP contribution in [0, 0.1) is 0 Å². The van der Waals surface area contributed by atoms with Crippen molar-refractivity contribution in [3.8, 4) is 0 Å². The van der Waals surface area contributed by atoms with Gasteiger partial charge in [0, 0.05) is 18.8 Å². The van der Waals surface area contributed by atoms with Crippen LogP contribution in [0.3, 0.4) is 0 Å². The molecule has 0 atom stereocenters. The van der Waals surface area contributed by atoms with Gasteiger partial charge in [-0.3, -0.25) is 0 Å². The highest BCUT2D eigenvalue weighted by Crippen LogP contribution is 2.05. The molecule has 1 N–H and O–H groups in total. The Bertz CT molecular complexity index is 231. The predicted octanol–water partition coefficient (Wildman–Crippen LogP) is 2.34. The zero-order chi connectivity index (χ0) is 8.97. The van der Waals surface area contributed by atoms with Gasteiger partial charge in [0.1, 0.15) is 4.60 Å². The fraction of sp³-hybridized carbons (Fsp3) is 0.444. The molecule has 0 aliphatic heterocycles. The third kappa shape index (κ3) is 3.32. The zero-order valence-electron chi connectivity index (χ0n) is 7.34. The van der Waals surface area contributed by atoms with Crippen molar-refractivity contribution in [3.63, 3.8) is 0 Å². The molecule has 0 aromatic carbocycles. The summed E-state index contributed by atoms with van der Waals surface area (Å²) in [6.45, 7) is 5.15. The first-order valence-electron chi connectivity index (χ1n) is 4.02. The van der Waals surface area contributed by atoms with Gasteiger partial charge in [-0.1, -0.05) is 19.9 Å². The second kappa shape index (κ2) is 4.58. The molecule has 0 fully saturated rings. The summed E-state index contributed by atoms with van der Waals surface area (Å²) in [5, 5.41) is 3.33. The first-order valence-corrected chi connectivity index (χ1v) is 4.81. The van der Waals surface area contributed by atoms with Crippen molar-refractivity contribution in [2.75, 3.05) is 0 Å². The molecule has 2 nitrogen and oxygen atoms in total. The molecule has 1 aromatic heterocycles. The summed E-state index contributed by atoms with van der Waals surface area (Å²) in [4.78, 5) is 4.13. The Labute approximate surface area is 81.5 Å². The second-order valence-electron chi connectivity index (χ2n) is 3.02. The van der Waals surface area contributed by atoms with Crippen LogP contribution in [0.5, 0.6) is 0 Å². The van der Waals surface area contributed by atoms with Crippen LogP contribution < -0.4 is 5.32 Å². The Morgan fingerprint density at radius 3 is 2.75 bits per heavy atom. The number of hydrogen-bond acceptors (Lipinski definition) is 2. The Balaban J connectivity index is 2.48. The van der Waals surface area contributed by atoms with E-state index in [0.717, 1.165) is 11.1 Å². The van der Waals surface area contributed by atoms with Gasteiger partial charge in [-0.2, -0.15) is 0 Å². The first-order chi connectivity index (χ1) is 5.68. The SMILES string of the molecule is CC(C)NCc1ccc(Br)nc1. The van der Waals surface area contributed by atoms with E-state index in [-0.39, 0.29) is 0 Å². The topological polar surface area (TPSA) is 24.9 Å². The van der Waals surface area contributed by atoms with Crippen molar-refractivity contribution >= 4 is 15.9 Å². The molecule has 66 valence electrons. The largest absolute Gasteiger partial charge is 0.310 e. The standard InChI is InChI=1S/C9H13BrN2/c1-7(2)11-5-8-3-4-9(10)12-6-8/h3-4,6-7,11H,5H2,1-2H3. The van der Waals surface area contributed by atoms with E-state index in [2.05, 4.69) is 46.1 Å². The molecule has 0 aliphatic carbocycles. The van der Waals surface area contributed by atoms with E-state index in [9.17, 15) is 0 Å². The molecular weight excluding hydrogens is 216 g/mol. The van der Waals surface area contributed by atoms with Crippen molar-refractivity contribution in [1.82, 2.24) is 10.3 Å². The molecule has 1 rings (SSSR count). The Morgan fingerprint density at radius 1 is 1.50 bits per heavy atom. The van der Waals surface area contributed by atoms with Crippen LogP contribution in [0.25, 0.3) is 0 Å². The average molecular weight is 229 g/mol. The lowest BCUT2D eigenvalue weighted by Gasteiger charge is -2.06. The Hall–Kier alpha value is -0.410. The minimum absolute atomic E-state index is 0.522. The first kappa shape index (κ1) is 9.68. The average Bonchev–Trinajstić information content (AvgIpc) is 2.03. The fourth-order valence-electron chi connectivity index (χ4n) is 0.833. The molecule has 0 unspecified atom stereocenters. The maximum atomic E-state index is 4.13. The van der Waals surface area contributed by atoms with Gasteiger partial charge in [0.2, 0.25) is 0 Å². The van der Waals surface area contributed by atoms with E-state index >= 15 is 0 Å². The van der Waals surface area contributed by atoms with Gasteiger partial charge in [-0.05, 0) is 27.6 Å². The van der Waals surface area contributed by atoms with Crippen molar-refractivity contribution in [1.29, 1.82) is 0 Å². The maximum Gasteiger partial charge on any atom is 0.106 e. The molecule has 12 heavy (non-hydrogen) atoms. The van der Waals surface area contributed by atoms with Gasteiger partial charge in [0.05, 0.1) is 0 Å². The van der Waals surface area contributed by atoms with E-state index in [4.69, 9.17) is 0 Å². The summed E-state index contributed by atoms with van der Waals surface area (Å²) in [5.74, 6) is 0. The number of pyridine rings is 1. The monoisotopic (exact) mass is 228 g/mol. The van der Waals surface area contributed by atoms with Crippen LogP contribution in [-0.2, 0) is 6.54 Å². The highest BCUT2D eigenvalue weighted by molar-refractivity contribution is 9.10. The highest BCUT2D eigenvalue weighted by Gasteiger charge is 1.94. The molecule has 0 spiro atoms. The minimum Gasteiger partial charge on any atom is -0.310 e. The molecule has 0 amide bonds. The lowest BCUT2D eigenvalue weighted by atomic mass is 10.2. The third-order valence-electron chi connectivity index (χ3n) is 1.50. The highest BCUT2D eigenvalue weighted by atomic mass is 79.9. The molecule has 3 heteroatoms. The van der Waals surface area contributed by atoms with Gasteiger partial charge in [-0.25, -0.2) is 4.98 Å². The van der Waals surface area contributed by atoms with Crippen molar-refractivity contribution in [3.05, 3.63) is 28.5 Å². The molecule has 0 saturated carbocycles. The summed E-state index contributed by atoms with van der Waals surface area (Å²) < 4.78 is 0.885. The predicted molar refractivity (Wildman–Crippen MR) is 53.9 cm³/mol. The smallest absolute Gasteiger partial charge is 0.106 e. The number of nitrogens with zero attached hydrogens (tertiary/aromatic N) is 1. The summed E-state index contributed by atoms with van der Waals surface area (Å²) in [5.41, 5.74) is 1.21. The molecule has 0 radical (unpaired) electrons. The normalized spacial score (nSPS) is 10.7. The molecule has 1 aromatic rings. The lowest BCUT2D eigenvalue weighted by Crippen LogP contribution is -2.21. The number of hydrogen-bond donors (Lipinski definition) is 1. The van der Waals surface area contributed by atoms with Crippen LogP contribution in [0.1, 0.15) is 19.4 Å². The van der Waals surface area contributed by atoms with Crippen LogP contribution in [0.15, 0.2) is 22.9 Å². The van der Waals surface area contributed by atoms with E-state index in [1.807, 2.05) is 12.3 Å². The quantitative estimate of drug-likeness (QED) is 0.804. The van der Waals surface area contributed by atoms with Gasteiger partial charge < -0.3 is 5.32 Å². The van der Waals surface area contributed by atoms with E-state index in [1.165, 1.54) is 5.56 Å². The van der Waals surface area contributed by atoms with Gasteiger partial charge in [0.25, 0.3) is 0 Å². The molecular formula is C9H13BrN2. The Morgan fingerprint density at radius 2 is 2.25 bits per heavy atom. The van der Waals surface area contributed by atoms with Crippen molar-refractivity contribution in [2.45, 2.75) is 26.4 Å². The van der Waals surface area contributed by atoms with Crippen LogP contribution in [0.4, 0.5) is 0 Å². The summed E-state index contributed by atoms with van der Waals surface area (Å²) >= 11 is 3.29. The van der Waals surface area contributed by atoms with Crippen molar-refractivity contribution < 1.29 is 0 Å². The molecule has 0 aliphatic rings. The van der Waals surface area contributed by atoms with E-state index in [1.54, 1.807) is 0 Å². The number of aromatic nitrogens is 1. The number of halogens is 1. The van der Waals surface area contributed by atoms with Gasteiger partial charge in [-0.15, -0.1) is 0 Å². The number of nitrogens with one attached hydrogen (secondary N) is 1. The van der Waals surface area contributed by atoms with Crippen LogP contribution in [-0.4, -0.2) is 11.0 Å². The van der Waals surface area contributed by atoms with Crippen molar-refractivity contribution in [2.24, 2.45) is 0 Å².